The van der Waals surface area contributed by atoms with Crippen molar-refractivity contribution in [2.24, 2.45) is 0 Å². The summed E-state index contributed by atoms with van der Waals surface area (Å²) in [6.07, 6.45) is 3.80. The summed E-state index contributed by atoms with van der Waals surface area (Å²) >= 11 is 0. The van der Waals surface area contributed by atoms with Crippen molar-refractivity contribution in [3.63, 3.8) is 0 Å². The summed E-state index contributed by atoms with van der Waals surface area (Å²) in [4.78, 5) is 12.1. The highest BCUT2D eigenvalue weighted by atomic mass is 16.7. The fraction of sp³-hybridized carbons (Fsp3) is 0.412. The molecule has 2 N–H and O–H groups in total. The molecule has 0 radical (unpaired) electrons. The van der Waals surface area contributed by atoms with Crippen LogP contribution in [0.1, 0.15) is 18.1 Å². The van der Waals surface area contributed by atoms with E-state index < -0.39 is 0 Å². The number of fused-ring (bicyclic) bond motifs is 1. The maximum Gasteiger partial charge on any atom is 0.237 e. The van der Waals surface area contributed by atoms with Crippen LogP contribution in [0.4, 0.5) is 0 Å². The number of nitrogens with one attached hydrogen (secondary N) is 2. The minimum absolute atomic E-state index is 0.0377. The summed E-state index contributed by atoms with van der Waals surface area (Å²) in [7, 11) is 0. The SMILES string of the molecule is Cc1cnn(CCN[C@H](C)C(=O)NCc2ccc3c(c2)OCO3)c1. The summed E-state index contributed by atoms with van der Waals surface area (Å²) in [5, 5.41) is 10.3. The summed E-state index contributed by atoms with van der Waals surface area (Å²) in [5.74, 6) is 1.43. The number of amides is 1. The smallest absolute Gasteiger partial charge is 0.237 e. The van der Waals surface area contributed by atoms with Gasteiger partial charge in [0.2, 0.25) is 12.7 Å². The van der Waals surface area contributed by atoms with E-state index in [1.807, 2.05) is 49.1 Å². The van der Waals surface area contributed by atoms with Crippen molar-refractivity contribution >= 4 is 5.91 Å². The average Bonchev–Trinajstić information content (AvgIpc) is 3.20. The zero-order valence-corrected chi connectivity index (χ0v) is 13.9. The molecule has 0 bridgehead atoms. The van der Waals surface area contributed by atoms with Crippen LogP contribution >= 0.6 is 0 Å². The topological polar surface area (TPSA) is 77.4 Å². The third-order valence-corrected chi connectivity index (χ3v) is 3.85. The molecule has 128 valence electrons. The molecule has 0 saturated carbocycles. The second-order valence-corrected chi connectivity index (χ2v) is 5.86. The van der Waals surface area contributed by atoms with E-state index in [0.29, 0.717) is 13.1 Å². The Hall–Kier alpha value is -2.54. The monoisotopic (exact) mass is 330 g/mol. The van der Waals surface area contributed by atoms with Gasteiger partial charge in [0.1, 0.15) is 0 Å². The van der Waals surface area contributed by atoms with Gasteiger partial charge in [-0.05, 0) is 37.1 Å². The van der Waals surface area contributed by atoms with E-state index in [9.17, 15) is 4.79 Å². The molecule has 0 saturated heterocycles. The standard InChI is InChI=1S/C17H22N4O3/c1-12-8-20-21(10-12)6-5-18-13(2)17(22)19-9-14-3-4-15-16(7-14)24-11-23-15/h3-4,7-8,10,13,18H,5-6,9,11H2,1-2H3,(H,19,22)/t13-/m1/s1. The molecule has 2 heterocycles. The number of hydrogen-bond acceptors (Lipinski definition) is 5. The molecule has 1 atom stereocenters. The van der Waals surface area contributed by atoms with Gasteiger partial charge in [-0.2, -0.15) is 5.10 Å². The number of aryl methyl sites for hydroxylation is 1. The molecule has 24 heavy (non-hydrogen) atoms. The molecular formula is C17H22N4O3. The third-order valence-electron chi connectivity index (χ3n) is 3.85. The molecule has 3 rings (SSSR count). The number of nitrogens with zero attached hydrogens (tertiary/aromatic N) is 2. The van der Waals surface area contributed by atoms with Gasteiger partial charge in [0.15, 0.2) is 11.5 Å². The molecule has 1 aliphatic rings. The quantitative estimate of drug-likeness (QED) is 0.798. The van der Waals surface area contributed by atoms with Gasteiger partial charge in [0.25, 0.3) is 0 Å². The zero-order valence-electron chi connectivity index (χ0n) is 13.9. The molecule has 1 aromatic heterocycles. The highest BCUT2D eigenvalue weighted by Gasteiger charge is 2.15. The van der Waals surface area contributed by atoms with Crippen molar-refractivity contribution in [1.29, 1.82) is 0 Å². The lowest BCUT2D eigenvalue weighted by Crippen LogP contribution is -2.42. The van der Waals surface area contributed by atoms with Crippen molar-refractivity contribution in [1.82, 2.24) is 20.4 Å². The number of benzene rings is 1. The Bertz CT molecular complexity index is 714. The first kappa shape index (κ1) is 16.3. The zero-order chi connectivity index (χ0) is 16.9. The van der Waals surface area contributed by atoms with Gasteiger partial charge in [-0.3, -0.25) is 9.48 Å². The number of hydrogen-bond donors (Lipinski definition) is 2. The fourth-order valence-electron chi connectivity index (χ4n) is 2.47. The van der Waals surface area contributed by atoms with E-state index in [0.717, 1.165) is 29.2 Å². The predicted molar refractivity (Wildman–Crippen MR) is 88.8 cm³/mol. The molecule has 0 aliphatic carbocycles. The predicted octanol–water partition coefficient (Wildman–Crippen LogP) is 1.21. The minimum atomic E-state index is -0.268. The van der Waals surface area contributed by atoms with Gasteiger partial charge >= 0.3 is 0 Å². The van der Waals surface area contributed by atoms with Crippen LogP contribution in [0.15, 0.2) is 30.6 Å². The number of carbonyl (C=O) groups is 1. The molecule has 0 spiro atoms. The summed E-state index contributed by atoms with van der Waals surface area (Å²) in [5.41, 5.74) is 2.11. The van der Waals surface area contributed by atoms with Gasteiger partial charge in [-0.1, -0.05) is 6.07 Å². The normalized spacial score (nSPS) is 13.8. The van der Waals surface area contributed by atoms with Crippen molar-refractivity contribution in [2.75, 3.05) is 13.3 Å². The highest BCUT2D eigenvalue weighted by molar-refractivity contribution is 5.81. The summed E-state index contributed by atoms with van der Waals surface area (Å²) in [6.45, 7) is 5.97. The highest BCUT2D eigenvalue weighted by Crippen LogP contribution is 2.32. The lowest BCUT2D eigenvalue weighted by molar-refractivity contribution is -0.122. The van der Waals surface area contributed by atoms with E-state index in [-0.39, 0.29) is 18.7 Å². The Morgan fingerprint density at radius 1 is 1.38 bits per heavy atom. The van der Waals surface area contributed by atoms with Crippen molar-refractivity contribution in [3.8, 4) is 11.5 Å². The maximum atomic E-state index is 12.1. The first-order valence-electron chi connectivity index (χ1n) is 8.00. The molecular weight excluding hydrogens is 308 g/mol. The molecule has 2 aromatic rings. The molecule has 1 aromatic carbocycles. The number of carbonyl (C=O) groups excluding carboxylic acids is 1. The molecule has 0 unspecified atom stereocenters. The minimum Gasteiger partial charge on any atom is -0.454 e. The van der Waals surface area contributed by atoms with Crippen LogP contribution in [-0.4, -0.2) is 35.1 Å². The van der Waals surface area contributed by atoms with Gasteiger partial charge in [0.05, 0.1) is 18.8 Å². The van der Waals surface area contributed by atoms with Crippen LogP contribution in [0.25, 0.3) is 0 Å². The number of rotatable bonds is 7. The van der Waals surface area contributed by atoms with E-state index in [4.69, 9.17) is 9.47 Å². The molecule has 1 amide bonds. The fourth-order valence-corrected chi connectivity index (χ4v) is 2.47. The summed E-state index contributed by atoms with van der Waals surface area (Å²) in [6, 6.07) is 5.40. The van der Waals surface area contributed by atoms with E-state index in [1.165, 1.54) is 0 Å². The number of ether oxygens (including phenoxy) is 2. The van der Waals surface area contributed by atoms with Crippen molar-refractivity contribution in [2.45, 2.75) is 33.0 Å². The second kappa shape index (κ2) is 7.35. The Balaban J connectivity index is 1.41. The van der Waals surface area contributed by atoms with Crippen molar-refractivity contribution in [3.05, 3.63) is 41.7 Å². The van der Waals surface area contributed by atoms with Crippen LogP contribution in [-0.2, 0) is 17.9 Å². The molecule has 1 aliphatic heterocycles. The van der Waals surface area contributed by atoms with E-state index in [2.05, 4.69) is 15.7 Å². The molecule has 7 nitrogen and oxygen atoms in total. The van der Waals surface area contributed by atoms with Gasteiger partial charge in [-0.25, -0.2) is 0 Å². The Morgan fingerprint density at radius 3 is 3.00 bits per heavy atom. The van der Waals surface area contributed by atoms with Crippen LogP contribution in [0.3, 0.4) is 0 Å². The van der Waals surface area contributed by atoms with Crippen molar-refractivity contribution < 1.29 is 14.3 Å². The number of aromatic nitrogens is 2. The van der Waals surface area contributed by atoms with Gasteiger partial charge in [0, 0.05) is 19.3 Å². The maximum absolute atomic E-state index is 12.1. The Morgan fingerprint density at radius 2 is 2.21 bits per heavy atom. The first-order valence-corrected chi connectivity index (χ1v) is 8.00. The molecule has 0 fully saturated rings. The van der Waals surface area contributed by atoms with E-state index in [1.54, 1.807) is 0 Å². The largest absolute Gasteiger partial charge is 0.454 e. The first-order chi connectivity index (χ1) is 11.6. The van der Waals surface area contributed by atoms with Crippen LogP contribution in [0, 0.1) is 6.92 Å². The van der Waals surface area contributed by atoms with Gasteiger partial charge in [-0.15, -0.1) is 0 Å². The Labute approximate surface area is 140 Å². The molecule has 7 heteroatoms. The van der Waals surface area contributed by atoms with E-state index >= 15 is 0 Å². The average molecular weight is 330 g/mol. The second-order valence-electron chi connectivity index (χ2n) is 5.86. The summed E-state index contributed by atoms with van der Waals surface area (Å²) < 4.78 is 12.5. The van der Waals surface area contributed by atoms with Crippen LogP contribution in [0.5, 0.6) is 11.5 Å². The lowest BCUT2D eigenvalue weighted by Gasteiger charge is -2.14. The van der Waals surface area contributed by atoms with Crippen LogP contribution < -0.4 is 20.1 Å². The third kappa shape index (κ3) is 4.05. The van der Waals surface area contributed by atoms with Crippen LogP contribution in [0.2, 0.25) is 0 Å². The Kier molecular flexibility index (Phi) is 5.00. The lowest BCUT2D eigenvalue weighted by atomic mass is 10.2. The van der Waals surface area contributed by atoms with Gasteiger partial charge < -0.3 is 20.1 Å².